The fraction of sp³-hybridized carbons (Fsp3) is 0.571. The minimum absolute atomic E-state index is 0.0344. The SMILES string of the molecule is OCC1(CC2Cc3ccccc3O2)CCNC1. The van der Waals surface area contributed by atoms with Crippen LogP contribution in [0.2, 0.25) is 0 Å². The first-order chi connectivity index (χ1) is 8.31. The Balaban J connectivity index is 1.69. The lowest BCUT2D eigenvalue weighted by Crippen LogP contribution is -2.34. The Morgan fingerprint density at radius 2 is 2.29 bits per heavy atom. The van der Waals surface area contributed by atoms with Crippen molar-refractivity contribution in [3.05, 3.63) is 29.8 Å². The molecule has 0 aliphatic carbocycles. The fourth-order valence-electron chi connectivity index (χ4n) is 3.02. The van der Waals surface area contributed by atoms with Crippen molar-refractivity contribution in [1.29, 1.82) is 0 Å². The zero-order chi connectivity index (χ0) is 11.7. The highest BCUT2D eigenvalue weighted by Crippen LogP contribution is 2.37. The van der Waals surface area contributed by atoms with Gasteiger partial charge >= 0.3 is 0 Å². The Morgan fingerprint density at radius 1 is 1.41 bits per heavy atom. The Kier molecular flexibility index (Phi) is 2.81. The van der Waals surface area contributed by atoms with E-state index in [4.69, 9.17) is 4.74 Å². The van der Waals surface area contributed by atoms with Crippen LogP contribution >= 0.6 is 0 Å². The Bertz CT molecular complexity index is 374. The van der Waals surface area contributed by atoms with Crippen molar-refractivity contribution < 1.29 is 9.84 Å². The van der Waals surface area contributed by atoms with Gasteiger partial charge in [0, 0.05) is 18.4 Å². The highest BCUT2D eigenvalue weighted by molar-refractivity contribution is 5.37. The second-order valence-electron chi connectivity index (χ2n) is 5.34. The summed E-state index contributed by atoms with van der Waals surface area (Å²) in [6, 6.07) is 8.24. The normalized spacial score (nSPS) is 31.2. The topological polar surface area (TPSA) is 41.5 Å². The molecule has 1 fully saturated rings. The van der Waals surface area contributed by atoms with E-state index in [1.54, 1.807) is 0 Å². The summed E-state index contributed by atoms with van der Waals surface area (Å²) >= 11 is 0. The minimum Gasteiger partial charge on any atom is -0.490 e. The van der Waals surface area contributed by atoms with Gasteiger partial charge in [-0.05, 0) is 31.0 Å². The van der Waals surface area contributed by atoms with Crippen LogP contribution in [0.3, 0.4) is 0 Å². The zero-order valence-electron chi connectivity index (χ0n) is 9.98. The molecular weight excluding hydrogens is 214 g/mol. The van der Waals surface area contributed by atoms with Crippen molar-refractivity contribution in [2.24, 2.45) is 5.41 Å². The molecule has 0 radical (unpaired) electrons. The quantitative estimate of drug-likeness (QED) is 0.828. The van der Waals surface area contributed by atoms with Crippen LogP contribution in [0.1, 0.15) is 18.4 Å². The first-order valence-electron chi connectivity index (χ1n) is 6.37. The molecule has 2 heterocycles. The van der Waals surface area contributed by atoms with Gasteiger partial charge in [0.05, 0.1) is 6.61 Å². The van der Waals surface area contributed by atoms with E-state index in [-0.39, 0.29) is 18.1 Å². The van der Waals surface area contributed by atoms with Crippen molar-refractivity contribution in [3.8, 4) is 5.75 Å². The highest BCUT2D eigenvalue weighted by Gasteiger charge is 2.38. The van der Waals surface area contributed by atoms with Gasteiger partial charge in [0.15, 0.2) is 0 Å². The molecule has 2 N–H and O–H groups in total. The lowest BCUT2D eigenvalue weighted by atomic mass is 9.81. The van der Waals surface area contributed by atoms with Crippen molar-refractivity contribution in [3.63, 3.8) is 0 Å². The summed E-state index contributed by atoms with van der Waals surface area (Å²) in [5.74, 6) is 1.02. The highest BCUT2D eigenvalue weighted by atomic mass is 16.5. The zero-order valence-corrected chi connectivity index (χ0v) is 9.98. The number of benzene rings is 1. The maximum atomic E-state index is 9.60. The largest absolute Gasteiger partial charge is 0.490 e. The summed E-state index contributed by atoms with van der Waals surface area (Å²) in [7, 11) is 0. The van der Waals surface area contributed by atoms with Gasteiger partial charge in [-0.15, -0.1) is 0 Å². The molecule has 17 heavy (non-hydrogen) atoms. The van der Waals surface area contributed by atoms with Gasteiger partial charge in [0.1, 0.15) is 11.9 Å². The Hall–Kier alpha value is -1.06. The first-order valence-corrected chi connectivity index (χ1v) is 6.37. The van der Waals surface area contributed by atoms with E-state index in [0.717, 1.165) is 38.1 Å². The van der Waals surface area contributed by atoms with Crippen molar-refractivity contribution in [1.82, 2.24) is 5.32 Å². The molecule has 0 spiro atoms. The third-order valence-electron chi connectivity index (χ3n) is 4.04. The minimum atomic E-state index is 0.0344. The monoisotopic (exact) mass is 233 g/mol. The van der Waals surface area contributed by atoms with E-state index in [1.165, 1.54) is 5.56 Å². The second kappa shape index (κ2) is 4.31. The number of aliphatic hydroxyl groups is 1. The number of aliphatic hydroxyl groups excluding tert-OH is 1. The summed E-state index contributed by atoms with van der Waals surface area (Å²) in [4.78, 5) is 0. The molecule has 92 valence electrons. The van der Waals surface area contributed by atoms with E-state index in [2.05, 4.69) is 17.4 Å². The average molecular weight is 233 g/mol. The smallest absolute Gasteiger partial charge is 0.123 e. The molecular formula is C14H19NO2. The van der Waals surface area contributed by atoms with Gasteiger partial charge in [-0.3, -0.25) is 0 Å². The number of rotatable bonds is 3. The van der Waals surface area contributed by atoms with Crippen LogP contribution in [0, 0.1) is 5.41 Å². The number of nitrogens with one attached hydrogen (secondary N) is 1. The van der Waals surface area contributed by atoms with Crippen LogP contribution < -0.4 is 10.1 Å². The maximum Gasteiger partial charge on any atom is 0.123 e. The van der Waals surface area contributed by atoms with E-state index in [9.17, 15) is 5.11 Å². The van der Waals surface area contributed by atoms with Crippen molar-refractivity contribution in [2.75, 3.05) is 19.7 Å². The number of ether oxygens (including phenoxy) is 1. The van der Waals surface area contributed by atoms with Crippen molar-refractivity contribution >= 4 is 0 Å². The van der Waals surface area contributed by atoms with Gasteiger partial charge in [-0.25, -0.2) is 0 Å². The van der Waals surface area contributed by atoms with E-state index in [1.807, 2.05) is 12.1 Å². The molecule has 2 aliphatic rings. The van der Waals surface area contributed by atoms with Crippen LogP contribution in [0.5, 0.6) is 5.75 Å². The molecule has 2 aliphatic heterocycles. The average Bonchev–Trinajstić information content (AvgIpc) is 2.95. The van der Waals surface area contributed by atoms with Crippen LogP contribution in [-0.2, 0) is 6.42 Å². The van der Waals surface area contributed by atoms with Crippen LogP contribution in [0.25, 0.3) is 0 Å². The number of para-hydroxylation sites is 1. The van der Waals surface area contributed by atoms with Gasteiger partial charge < -0.3 is 15.2 Å². The summed E-state index contributed by atoms with van der Waals surface area (Å²) in [5.41, 5.74) is 1.34. The summed E-state index contributed by atoms with van der Waals surface area (Å²) < 4.78 is 5.96. The van der Waals surface area contributed by atoms with E-state index in [0.29, 0.717) is 0 Å². The molecule has 2 unspecified atom stereocenters. The van der Waals surface area contributed by atoms with Gasteiger partial charge in [-0.1, -0.05) is 18.2 Å². The van der Waals surface area contributed by atoms with Gasteiger partial charge in [0.25, 0.3) is 0 Å². The predicted molar refractivity (Wildman–Crippen MR) is 66.2 cm³/mol. The van der Waals surface area contributed by atoms with E-state index < -0.39 is 0 Å². The van der Waals surface area contributed by atoms with Crippen molar-refractivity contribution in [2.45, 2.75) is 25.4 Å². The number of fused-ring (bicyclic) bond motifs is 1. The Labute approximate surface area is 102 Å². The van der Waals surface area contributed by atoms with E-state index >= 15 is 0 Å². The molecule has 1 saturated heterocycles. The lowest BCUT2D eigenvalue weighted by molar-refractivity contribution is 0.0833. The molecule has 3 heteroatoms. The Morgan fingerprint density at radius 3 is 3.00 bits per heavy atom. The molecule has 0 bridgehead atoms. The van der Waals surface area contributed by atoms with Crippen LogP contribution in [0.4, 0.5) is 0 Å². The third kappa shape index (κ3) is 2.05. The van der Waals surface area contributed by atoms with Gasteiger partial charge in [-0.2, -0.15) is 0 Å². The fourth-order valence-corrected chi connectivity index (χ4v) is 3.02. The molecule has 0 aromatic heterocycles. The predicted octanol–water partition coefficient (Wildman–Crippen LogP) is 1.35. The maximum absolute atomic E-state index is 9.60. The molecule has 3 rings (SSSR count). The standard InChI is InChI=1S/C14H19NO2/c16-10-14(5-6-15-9-14)8-12-7-11-3-1-2-4-13(11)17-12/h1-4,12,15-16H,5-10H2. The molecule has 1 aromatic carbocycles. The summed E-state index contributed by atoms with van der Waals surface area (Å²) in [6.07, 6.45) is 3.22. The second-order valence-corrected chi connectivity index (χ2v) is 5.34. The number of hydrogen-bond donors (Lipinski definition) is 2. The first kappa shape index (κ1) is 11.1. The summed E-state index contributed by atoms with van der Waals surface area (Å²) in [6.45, 7) is 2.19. The molecule has 1 aromatic rings. The van der Waals surface area contributed by atoms with Crippen LogP contribution in [0.15, 0.2) is 24.3 Å². The lowest BCUT2D eigenvalue weighted by Gasteiger charge is -2.28. The third-order valence-corrected chi connectivity index (χ3v) is 4.04. The van der Waals surface area contributed by atoms with Crippen LogP contribution in [-0.4, -0.2) is 30.9 Å². The molecule has 3 nitrogen and oxygen atoms in total. The molecule has 2 atom stereocenters. The number of hydrogen-bond acceptors (Lipinski definition) is 3. The van der Waals surface area contributed by atoms with Gasteiger partial charge in [0.2, 0.25) is 0 Å². The molecule has 0 saturated carbocycles. The summed E-state index contributed by atoms with van der Waals surface area (Å²) in [5, 5.41) is 12.9. The molecule has 0 amide bonds.